The largest absolute Gasteiger partial charge is 0.475 e. The molecule has 0 bridgehead atoms. The van der Waals surface area contributed by atoms with Crippen molar-refractivity contribution in [3.8, 4) is 0 Å². The quantitative estimate of drug-likeness (QED) is 0.357. The van der Waals surface area contributed by atoms with E-state index in [1.807, 2.05) is 0 Å². The van der Waals surface area contributed by atoms with Crippen LogP contribution in [-0.4, -0.2) is 24.7 Å². The number of ether oxygens (including phenoxy) is 1. The van der Waals surface area contributed by atoms with E-state index in [1.165, 1.54) is 21.7 Å². The van der Waals surface area contributed by atoms with Crippen LogP contribution in [0.15, 0.2) is 83.9 Å². The third-order valence-electron chi connectivity index (χ3n) is 6.45. The van der Waals surface area contributed by atoms with Crippen LogP contribution in [-0.2, 0) is 15.6 Å². The van der Waals surface area contributed by atoms with Crippen LogP contribution in [0.25, 0.3) is 0 Å². The van der Waals surface area contributed by atoms with Crippen LogP contribution in [0, 0.1) is 0 Å². The third kappa shape index (κ3) is 5.97. The van der Waals surface area contributed by atoms with E-state index >= 15 is 0 Å². The molecule has 4 rings (SSSR count). The lowest BCUT2D eigenvalue weighted by molar-refractivity contribution is 0.315. The van der Waals surface area contributed by atoms with Gasteiger partial charge >= 0.3 is 0 Å². The topological polar surface area (TPSA) is 21.6 Å². The minimum absolute atomic E-state index is 0.0791. The summed E-state index contributed by atoms with van der Waals surface area (Å²) in [5, 5.41) is 2.86. The molecule has 1 atom stereocenters. The Morgan fingerprint density at radius 2 is 1.26 bits per heavy atom. The van der Waals surface area contributed by atoms with Gasteiger partial charge in [-0.1, -0.05) is 108 Å². The highest BCUT2D eigenvalue weighted by Gasteiger charge is 2.26. The summed E-state index contributed by atoms with van der Waals surface area (Å²) in [6.07, 6.45) is 2.15. The lowest BCUT2D eigenvalue weighted by atomic mass is 9.79. The van der Waals surface area contributed by atoms with Crippen molar-refractivity contribution in [1.82, 2.24) is 0 Å². The first-order chi connectivity index (χ1) is 16.1. The second-order valence-electron chi connectivity index (χ2n) is 11.3. The summed E-state index contributed by atoms with van der Waals surface area (Å²) >= 11 is 0. The van der Waals surface area contributed by atoms with Gasteiger partial charge in [0.25, 0.3) is 0 Å². The van der Waals surface area contributed by atoms with Crippen LogP contribution in [0.5, 0.6) is 0 Å². The average Bonchev–Trinajstić information content (AvgIpc) is 3.28. The Bertz CT molecular complexity index is 1050. The van der Waals surface area contributed by atoms with E-state index in [2.05, 4.69) is 120 Å². The molecular formula is C31H38NOP. The zero-order chi connectivity index (χ0) is 24.3. The number of hydrogen-bond acceptors (Lipinski definition) is 2. The molecule has 2 nitrogen and oxygen atoms in total. The first-order valence-electron chi connectivity index (χ1n) is 12.4. The first kappa shape index (κ1) is 24.7. The fourth-order valence-corrected chi connectivity index (χ4v) is 6.67. The predicted molar refractivity (Wildman–Crippen MR) is 149 cm³/mol. The van der Waals surface area contributed by atoms with Crippen molar-refractivity contribution in [3.05, 3.63) is 95.6 Å². The van der Waals surface area contributed by atoms with Crippen molar-refractivity contribution in [1.29, 1.82) is 0 Å². The Kier molecular flexibility index (Phi) is 7.29. The Hall–Kier alpha value is -2.44. The average molecular weight is 472 g/mol. The molecule has 3 heteroatoms. The monoisotopic (exact) mass is 471 g/mol. The lowest BCUT2D eigenvalue weighted by Crippen LogP contribution is -2.18. The van der Waals surface area contributed by atoms with Gasteiger partial charge in [-0.25, -0.2) is 4.99 Å². The third-order valence-corrected chi connectivity index (χ3v) is 8.99. The van der Waals surface area contributed by atoms with Crippen LogP contribution in [0.4, 0.5) is 0 Å². The van der Waals surface area contributed by atoms with Crippen molar-refractivity contribution in [3.63, 3.8) is 0 Å². The van der Waals surface area contributed by atoms with E-state index < -0.39 is 7.92 Å². The van der Waals surface area contributed by atoms with Gasteiger partial charge in [0.05, 0.1) is 6.04 Å². The standard InChI is InChI=1S/C31H38NOP/c1-30(2,3)24-19-23(20-25(21-24)31(4,5)6)29-32-26(22-33-29)17-18-34(27-13-9-7-10-14-27)28-15-11-8-12-16-28/h7-16,19-21,26H,17-18,22H2,1-6H3/t26-/m0/s1. The molecule has 0 radical (unpaired) electrons. The minimum Gasteiger partial charge on any atom is -0.475 e. The van der Waals surface area contributed by atoms with Crippen molar-refractivity contribution in [2.45, 2.75) is 64.8 Å². The zero-order valence-electron chi connectivity index (χ0n) is 21.5. The SMILES string of the molecule is CC(C)(C)c1cc(C2=N[C@@H](CCP(c3ccccc3)c3ccccc3)CO2)cc(C(C)(C)C)c1. The van der Waals surface area contributed by atoms with E-state index in [0.29, 0.717) is 6.61 Å². The summed E-state index contributed by atoms with van der Waals surface area (Å²) in [5.74, 6) is 0.811. The Morgan fingerprint density at radius 3 is 1.74 bits per heavy atom. The molecule has 3 aromatic rings. The molecule has 0 fully saturated rings. The van der Waals surface area contributed by atoms with Crippen molar-refractivity contribution in [2.75, 3.05) is 12.8 Å². The van der Waals surface area contributed by atoms with Gasteiger partial charge in [-0.3, -0.25) is 0 Å². The number of hydrogen-bond donors (Lipinski definition) is 0. The number of rotatable bonds is 6. The van der Waals surface area contributed by atoms with E-state index in [4.69, 9.17) is 9.73 Å². The van der Waals surface area contributed by atoms with Crippen LogP contribution >= 0.6 is 7.92 Å². The number of nitrogens with zero attached hydrogens (tertiary/aromatic N) is 1. The summed E-state index contributed by atoms with van der Waals surface area (Å²) in [4.78, 5) is 5.07. The molecule has 1 aliphatic heterocycles. The summed E-state index contributed by atoms with van der Waals surface area (Å²) in [6, 6.07) is 29.0. The molecular weight excluding hydrogens is 433 g/mol. The van der Waals surface area contributed by atoms with Gasteiger partial charge in [0.1, 0.15) is 6.61 Å². The van der Waals surface area contributed by atoms with Gasteiger partial charge in [-0.2, -0.15) is 0 Å². The maximum atomic E-state index is 6.19. The molecule has 3 aromatic carbocycles. The second kappa shape index (κ2) is 10.0. The van der Waals surface area contributed by atoms with Crippen LogP contribution in [0.3, 0.4) is 0 Å². The van der Waals surface area contributed by atoms with Crippen molar-refractivity contribution in [2.24, 2.45) is 4.99 Å². The molecule has 0 amide bonds. The normalized spacial score (nSPS) is 16.4. The molecule has 1 heterocycles. The van der Waals surface area contributed by atoms with Gasteiger partial charge in [0, 0.05) is 5.56 Å². The van der Waals surface area contributed by atoms with Gasteiger partial charge in [-0.05, 0) is 65.2 Å². The van der Waals surface area contributed by atoms with Crippen molar-refractivity contribution < 1.29 is 4.74 Å². The molecule has 0 saturated heterocycles. The van der Waals surface area contributed by atoms with E-state index in [1.54, 1.807) is 0 Å². The first-order valence-corrected chi connectivity index (χ1v) is 13.9. The smallest absolute Gasteiger partial charge is 0.216 e. The number of aliphatic imine (C=N–C) groups is 1. The summed E-state index contributed by atoms with van der Waals surface area (Å²) < 4.78 is 6.19. The molecule has 0 spiro atoms. The maximum Gasteiger partial charge on any atom is 0.216 e. The molecule has 0 aromatic heterocycles. The summed E-state index contributed by atoms with van der Waals surface area (Å²) in [7, 11) is -0.402. The Morgan fingerprint density at radius 1 is 0.765 bits per heavy atom. The van der Waals surface area contributed by atoms with Gasteiger partial charge < -0.3 is 4.74 Å². The zero-order valence-corrected chi connectivity index (χ0v) is 22.4. The predicted octanol–water partition coefficient (Wildman–Crippen LogP) is 6.95. The summed E-state index contributed by atoms with van der Waals surface area (Å²) in [5.41, 5.74) is 3.95. The highest BCUT2D eigenvalue weighted by atomic mass is 31.1. The Balaban J connectivity index is 1.56. The maximum absolute atomic E-state index is 6.19. The van der Waals surface area contributed by atoms with Gasteiger partial charge in [0.15, 0.2) is 0 Å². The molecule has 1 aliphatic rings. The van der Waals surface area contributed by atoms with Gasteiger partial charge in [0.2, 0.25) is 5.90 Å². The van der Waals surface area contributed by atoms with Crippen LogP contribution in [0.2, 0.25) is 0 Å². The van der Waals surface area contributed by atoms with Gasteiger partial charge in [-0.15, -0.1) is 0 Å². The highest BCUT2D eigenvalue weighted by Crippen LogP contribution is 2.36. The molecule has 0 aliphatic carbocycles. The van der Waals surface area contributed by atoms with Crippen molar-refractivity contribution >= 4 is 24.4 Å². The molecule has 0 unspecified atom stereocenters. The van der Waals surface area contributed by atoms with E-state index in [0.717, 1.165) is 24.0 Å². The van der Waals surface area contributed by atoms with E-state index in [-0.39, 0.29) is 16.9 Å². The van der Waals surface area contributed by atoms with Crippen LogP contribution < -0.4 is 10.6 Å². The second-order valence-corrected chi connectivity index (χ2v) is 13.6. The lowest BCUT2D eigenvalue weighted by Gasteiger charge is -2.26. The molecule has 178 valence electrons. The minimum atomic E-state index is -0.402. The fraction of sp³-hybridized carbons (Fsp3) is 0.387. The summed E-state index contributed by atoms with van der Waals surface area (Å²) in [6.45, 7) is 14.3. The molecule has 0 N–H and O–H groups in total. The van der Waals surface area contributed by atoms with E-state index in [9.17, 15) is 0 Å². The number of benzene rings is 3. The Labute approximate surface area is 207 Å². The fourth-order valence-electron chi connectivity index (χ4n) is 4.24. The van der Waals surface area contributed by atoms with Crippen LogP contribution in [0.1, 0.15) is 64.7 Å². The molecule has 34 heavy (non-hydrogen) atoms. The molecule has 0 saturated carbocycles. The highest BCUT2D eigenvalue weighted by molar-refractivity contribution is 7.73.